The molecule has 6 nitrogen and oxygen atoms in total. The van der Waals surface area contributed by atoms with Crippen LogP contribution in [0.1, 0.15) is 29.3 Å². The lowest BCUT2D eigenvalue weighted by atomic mass is 10.2. The monoisotopic (exact) mass is 462 g/mol. The van der Waals surface area contributed by atoms with Crippen molar-refractivity contribution in [2.75, 3.05) is 19.6 Å². The number of aromatic nitrogens is 3. The Labute approximate surface area is 165 Å². The van der Waals surface area contributed by atoms with E-state index in [4.69, 9.17) is 0 Å². The molecule has 0 saturated carbocycles. The Balaban J connectivity index is 0.00000288. The minimum atomic E-state index is 0. The number of nitrogens with one attached hydrogen (secondary N) is 2. The van der Waals surface area contributed by atoms with E-state index in [1.807, 2.05) is 30.3 Å². The van der Waals surface area contributed by atoms with Crippen LogP contribution < -0.4 is 10.6 Å². The van der Waals surface area contributed by atoms with E-state index < -0.39 is 0 Å². The van der Waals surface area contributed by atoms with E-state index in [0.717, 1.165) is 49.9 Å². The molecule has 0 aliphatic rings. The summed E-state index contributed by atoms with van der Waals surface area (Å²) in [5.41, 5.74) is 1.23. The topological polar surface area (TPSA) is 67.1 Å². The summed E-state index contributed by atoms with van der Waals surface area (Å²) in [6.45, 7) is 6.68. The largest absolute Gasteiger partial charge is 0.357 e. The highest BCUT2D eigenvalue weighted by atomic mass is 127. The van der Waals surface area contributed by atoms with E-state index in [2.05, 4.69) is 39.6 Å². The fourth-order valence-electron chi connectivity index (χ4n) is 2.16. The molecule has 24 heavy (non-hydrogen) atoms. The smallest absolute Gasteiger partial charge is 0.191 e. The highest BCUT2D eigenvalue weighted by Gasteiger charge is 2.02. The summed E-state index contributed by atoms with van der Waals surface area (Å²) >= 11 is 1.78. The number of hydrogen-bond acceptors (Lipinski definition) is 4. The third-order valence-corrected chi connectivity index (χ3v) is 4.56. The van der Waals surface area contributed by atoms with E-state index in [1.165, 1.54) is 10.4 Å². The molecular weight excluding hydrogens is 435 g/mol. The number of nitrogens with zero attached hydrogens (tertiary/aromatic N) is 4. The zero-order chi connectivity index (χ0) is 16.5. The van der Waals surface area contributed by atoms with Gasteiger partial charge in [0.2, 0.25) is 0 Å². The summed E-state index contributed by atoms with van der Waals surface area (Å²) in [6, 6.07) is 0. The maximum Gasteiger partial charge on any atom is 0.191 e. The lowest BCUT2D eigenvalue weighted by molar-refractivity contribution is 0.765. The Bertz CT molecular complexity index is 622. The molecule has 0 radical (unpaired) electrons. The zero-order valence-corrected chi connectivity index (χ0v) is 17.7. The molecule has 2 heterocycles. The zero-order valence-electron chi connectivity index (χ0n) is 14.6. The van der Waals surface area contributed by atoms with Gasteiger partial charge in [-0.05, 0) is 25.3 Å². The highest BCUT2D eigenvalue weighted by Crippen LogP contribution is 2.13. The molecule has 0 amide bonds. The number of guanidine groups is 1. The minimum absolute atomic E-state index is 0. The van der Waals surface area contributed by atoms with Crippen molar-refractivity contribution in [3.05, 3.63) is 34.0 Å². The molecule has 2 N–H and O–H groups in total. The Hall–Kier alpha value is -1.16. The van der Waals surface area contributed by atoms with Crippen LogP contribution in [-0.2, 0) is 26.3 Å². The first-order valence-corrected chi connectivity index (χ1v) is 8.96. The lowest BCUT2D eigenvalue weighted by Gasteiger charge is -2.10. The van der Waals surface area contributed by atoms with Crippen LogP contribution in [0.4, 0.5) is 0 Å². The van der Waals surface area contributed by atoms with Gasteiger partial charge in [0.1, 0.15) is 0 Å². The van der Waals surface area contributed by atoms with Crippen molar-refractivity contribution >= 4 is 41.3 Å². The Kier molecular flexibility index (Phi) is 9.92. The number of thiazole rings is 1. The molecule has 8 heteroatoms. The first kappa shape index (κ1) is 20.9. The highest BCUT2D eigenvalue weighted by molar-refractivity contribution is 14.0. The molecule has 134 valence electrons. The van der Waals surface area contributed by atoms with Crippen molar-refractivity contribution in [2.45, 2.75) is 33.1 Å². The third kappa shape index (κ3) is 7.16. The van der Waals surface area contributed by atoms with Gasteiger partial charge in [0.25, 0.3) is 0 Å². The van der Waals surface area contributed by atoms with Gasteiger partial charge in [0.15, 0.2) is 5.96 Å². The molecule has 0 bridgehead atoms. The molecule has 0 unspecified atom stereocenters. The van der Waals surface area contributed by atoms with E-state index in [-0.39, 0.29) is 24.0 Å². The minimum Gasteiger partial charge on any atom is -0.357 e. The van der Waals surface area contributed by atoms with Crippen molar-refractivity contribution in [3.63, 3.8) is 0 Å². The maximum atomic E-state index is 4.62. The average Bonchev–Trinajstić information content (AvgIpc) is 3.16. The third-order valence-electron chi connectivity index (χ3n) is 3.35. The summed E-state index contributed by atoms with van der Waals surface area (Å²) in [5, 5.41) is 12.0. The van der Waals surface area contributed by atoms with Gasteiger partial charge < -0.3 is 10.6 Å². The first-order valence-electron chi connectivity index (χ1n) is 8.14. The SMILES string of the molecule is CCNC(=NCCc1ncc(CC)s1)NCCc1cnn(C)c1.I. The quantitative estimate of drug-likeness (QED) is 0.359. The van der Waals surface area contributed by atoms with Crippen molar-refractivity contribution in [2.24, 2.45) is 12.0 Å². The number of hydrogen-bond donors (Lipinski definition) is 2. The predicted octanol–water partition coefficient (Wildman–Crippen LogP) is 2.40. The van der Waals surface area contributed by atoms with Gasteiger partial charge in [-0.15, -0.1) is 35.3 Å². The second-order valence-corrected chi connectivity index (χ2v) is 6.48. The van der Waals surface area contributed by atoms with Gasteiger partial charge in [0, 0.05) is 50.4 Å². The number of halogens is 1. The second kappa shape index (κ2) is 11.4. The number of aryl methyl sites for hydroxylation is 2. The van der Waals surface area contributed by atoms with E-state index in [0.29, 0.717) is 0 Å². The van der Waals surface area contributed by atoms with Crippen molar-refractivity contribution in [3.8, 4) is 0 Å². The normalized spacial score (nSPS) is 11.2. The van der Waals surface area contributed by atoms with E-state index >= 15 is 0 Å². The van der Waals surface area contributed by atoms with Crippen molar-refractivity contribution in [1.82, 2.24) is 25.4 Å². The van der Waals surface area contributed by atoms with Gasteiger partial charge in [-0.1, -0.05) is 6.92 Å². The molecule has 0 atom stereocenters. The van der Waals surface area contributed by atoms with Crippen LogP contribution in [0.3, 0.4) is 0 Å². The summed E-state index contributed by atoms with van der Waals surface area (Å²) in [7, 11) is 1.94. The molecule has 0 aliphatic heterocycles. The van der Waals surface area contributed by atoms with Crippen LogP contribution >= 0.6 is 35.3 Å². The van der Waals surface area contributed by atoms with E-state index in [9.17, 15) is 0 Å². The molecule has 0 aliphatic carbocycles. The van der Waals surface area contributed by atoms with Gasteiger partial charge in [0.05, 0.1) is 11.2 Å². The van der Waals surface area contributed by atoms with Gasteiger partial charge in [-0.2, -0.15) is 5.10 Å². The Morgan fingerprint density at radius 2 is 2.08 bits per heavy atom. The first-order chi connectivity index (χ1) is 11.2. The van der Waals surface area contributed by atoms with Crippen LogP contribution in [-0.4, -0.2) is 40.4 Å². The molecule has 0 spiro atoms. The summed E-state index contributed by atoms with van der Waals surface area (Å²) in [6.07, 6.45) is 8.80. The van der Waals surface area contributed by atoms with Crippen LogP contribution in [0.15, 0.2) is 23.6 Å². The maximum absolute atomic E-state index is 4.62. The molecule has 0 saturated heterocycles. The average molecular weight is 462 g/mol. The molecule has 0 aromatic carbocycles. The lowest BCUT2D eigenvalue weighted by Crippen LogP contribution is -2.38. The Morgan fingerprint density at radius 3 is 2.71 bits per heavy atom. The standard InChI is InChI=1S/C16H26N6S.HI/c1-4-14-11-20-15(23-14)7-9-19-16(17-5-2)18-8-6-13-10-21-22(3)12-13;/h10-12H,4-9H2,1-3H3,(H2,17,18,19);1H. The molecule has 0 fully saturated rings. The molecule has 2 rings (SSSR count). The van der Waals surface area contributed by atoms with Crippen molar-refractivity contribution in [1.29, 1.82) is 0 Å². The van der Waals surface area contributed by atoms with Crippen LogP contribution in [0.25, 0.3) is 0 Å². The fourth-order valence-corrected chi connectivity index (χ4v) is 3.01. The fraction of sp³-hybridized carbons (Fsp3) is 0.562. The molecule has 2 aromatic heterocycles. The predicted molar refractivity (Wildman–Crippen MR) is 112 cm³/mol. The number of rotatable bonds is 8. The van der Waals surface area contributed by atoms with Crippen LogP contribution in [0, 0.1) is 0 Å². The Morgan fingerprint density at radius 1 is 1.25 bits per heavy atom. The molecule has 2 aromatic rings. The number of aliphatic imine (C=N–C) groups is 1. The van der Waals surface area contributed by atoms with Crippen molar-refractivity contribution < 1.29 is 0 Å². The summed E-state index contributed by atoms with van der Waals surface area (Å²) in [5.74, 6) is 0.865. The second-order valence-electron chi connectivity index (χ2n) is 5.28. The van der Waals surface area contributed by atoms with Crippen LogP contribution in [0.2, 0.25) is 0 Å². The summed E-state index contributed by atoms with van der Waals surface area (Å²) < 4.78 is 1.83. The summed E-state index contributed by atoms with van der Waals surface area (Å²) in [4.78, 5) is 10.4. The molecular formula is C16H27IN6S. The van der Waals surface area contributed by atoms with E-state index in [1.54, 1.807) is 11.3 Å². The van der Waals surface area contributed by atoms with Gasteiger partial charge >= 0.3 is 0 Å². The van der Waals surface area contributed by atoms with Crippen LogP contribution in [0.5, 0.6) is 0 Å². The van der Waals surface area contributed by atoms with Gasteiger partial charge in [-0.3, -0.25) is 9.67 Å². The van der Waals surface area contributed by atoms with Gasteiger partial charge in [-0.25, -0.2) is 4.98 Å².